The Hall–Kier alpha value is -1.93. The molecule has 2 aromatic rings. The van der Waals surface area contributed by atoms with Crippen molar-refractivity contribution < 1.29 is 4.39 Å². The number of benzene rings is 1. The lowest BCUT2D eigenvalue weighted by molar-refractivity contribution is 0.582. The van der Waals surface area contributed by atoms with Gasteiger partial charge in [0, 0.05) is 16.5 Å². The first-order valence-corrected chi connectivity index (χ1v) is 7.16. The second-order valence-corrected chi connectivity index (χ2v) is 6.40. The van der Waals surface area contributed by atoms with E-state index < -0.39 is 6.04 Å². The third kappa shape index (κ3) is 3.34. The molecule has 0 aliphatic carbocycles. The lowest BCUT2D eigenvalue weighted by Crippen LogP contribution is -2.13. The number of nitrogens with zero attached hydrogens (tertiary/aromatic N) is 2. The van der Waals surface area contributed by atoms with Crippen LogP contribution in [-0.2, 0) is 5.41 Å². The summed E-state index contributed by atoms with van der Waals surface area (Å²) >= 11 is 1.54. The fourth-order valence-electron chi connectivity index (χ4n) is 1.68. The first kappa shape index (κ1) is 14.5. The molecule has 2 rings (SSSR count). The number of hydrogen-bond acceptors (Lipinski definition) is 4. The number of hydrogen-bond donors (Lipinski definition) is 1. The van der Waals surface area contributed by atoms with Gasteiger partial charge in [0.1, 0.15) is 5.82 Å². The van der Waals surface area contributed by atoms with Gasteiger partial charge in [0.2, 0.25) is 0 Å². The van der Waals surface area contributed by atoms with Crippen LogP contribution in [0.2, 0.25) is 0 Å². The monoisotopic (exact) mass is 289 g/mol. The van der Waals surface area contributed by atoms with Gasteiger partial charge in [-0.15, -0.1) is 11.3 Å². The van der Waals surface area contributed by atoms with Crippen LogP contribution in [-0.4, -0.2) is 4.98 Å². The topological polar surface area (TPSA) is 48.7 Å². The molecule has 0 aliphatic heterocycles. The van der Waals surface area contributed by atoms with Gasteiger partial charge >= 0.3 is 0 Å². The second kappa shape index (κ2) is 5.59. The van der Waals surface area contributed by atoms with Crippen molar-refractivity contribution in [3.63, 3.8) is 0 Å². The first-order chi connectivity index (χ1) is 9.40. The summed E-state index contributed by atoms with van der Waals surface area (Å²) < 4.78 is 13.1. The van der Waals surface area contributed by atoms with Gasteiger partial charge in [-0.2, -0.15) is 5.26 Å². The number of rotatable bonds is 3. The number of aromatic nitrogens is 1. The van der Waals surface area contributed by atoms with Gasteiger partial charge in [-0.1, -0.05) is 26.8 Å². The Labute approximate surface area is 122 Å². The third-order valence-electron chi connectivity index (χ3n) is 2.72. The Balaban J connectivity index is 2.21. The molecule has 0 spiro atoms. The van der Waals surface area contributed by atoms with Crippen LogP contribution < -0.4 is 5.32 Å². The Bertz CT molecular complexity index is 637. The molecule has 0 radical (unpaired) electrons. The average molecular weight is 289 g/mol. The van der Waals surface area contributed by atoms with Gasteiger partial charge in [0.15, 0.2) is 6.04 Å². The van der Waals surface area contributed by atoms with Crippen molar-refractivity contribution in [1.29, 1.82) is 5.26 Å². The van der Waals surface area contributed by atoms with Crippen molar-refractivity contribution in [2.45, 2.75) is 32.2 Å². The zero-order valence-corrected chi connectivity index (χ0v) is 12.5. The number of nitriles is 1. The highest BCUT2D eigenvalue weighted by atomic mass is 32.1. The molecule has 3 nitrogen and oxygen atoms in total. The van der Waals surface area contributed by atoms with Crippen LogP contribution in [0.1, 0.15) is 37.5 Å². The summed E-state index contributed by atoms with van der Waals surface area (Å²) in [5, 5.41) is 15.1. The van der Waals surface area contributed by atoms with Crippen molar-refractivity contribution in [3.8, 4) is 6.07 Å². The van der Waals surface area contributed by atoms with Crippen LogP contribution in [0.5, 0.6) is 0 Å². The van der Waals surface area contributed by atoms with Crippen molar-refractivity contribution in [3.05, 3.63) is 46.2 Å². The molecule has 5 heteroatoms. The zero-order chi connectivity index (χ0) is 14.8. The molecule has 1 heterocycles. The van der Waals surface area contributed by atoms with E-state index in [0.717, 1.165) is 5.01 Å². The minimum absolute atomic E-state index is 0.0399. The second-order valence-electron chi connectivity index (χ2n) is 5.54. The van der Waals surface area contributed by atoms with Crippen molar-refractivity contribution in [1.82, 2.24) is 4.98 Å². The Morgan fingerprint density at radius 3 is 2.70 bits per heavy atom. The fraction of sp³-hybridized carbons (Fsp3) is 0.333. The van der Waals surface area contributed by atoms with Gasteiger partial charge in [-0.3, -0.25) is 0 Å². The van der Waals surface area contributed by atoms with Crippen LogP contribution in [0, 0.1) is 17.1 Å². The molecule has 0 bridgehead atoms. The number of thiazole rings is 1. The van der Waals surface area contributed by atoms with E-state index in [2.05, 4.69) is 37.1 Å². The van der Waals surface area contributed by atoms with E-state index in [1.807, 2.05) is 5.38 Å². The van der Waals surface area contributed by atoms with Crippen LogP contribution in [0.3, 0.4) is 0 Å². The molecule has 1 aromatic heterocycles. The van der Waals surface area contributed by atoms with E-state index in [-0.39, 0.29) is 11.2 Å². The van der Waals surface area contributed by atoms with Gasteiger partial charge in [0.05, 0.1) is 16.8 Å². The summed E-state index contributed by atoms with van der Waals surface area (Å²) in [6.45, 7) is 6.24. The van der Waals surface area contributed by atoms with Gasteiger partial charge in [0.25, 0.3) is 0 Å². The molecule has 1 unspecified atom stereocenters. The largest absolute Gasteiger partial charge is 0.365 e. The van der Waals surface area contributed by atoms with Crippen LogP contribution >= 0.6 is 11.3 Å². The molecular formula is C15H16FN3S. The molecule has 0 fully saturated rings. The first-order valence-electron chi connectivity index (χ1n) is 6.28. The summed E-state index contributed by atoms with van der Waals surface area (Å²) in [6.07, 6.45) is 0. The van der Waals surface area contributed by atoms with Crippen molar-refractivity contribution in [2.24, 2.45) is 0 Å². The van der Waals surface area contributed by atoms with Gasteiger partial charge < -0.3 is 5.32 Å². The van der Waals surface area contributed by atoms with Crippen LogP contribution in [0.25, 0.3) is 0 Å². The molecule has 1 N–H and O–H groups in total. The molecule has 0 saturated heterocycles. The maximum atomic E-state index is 13.1. The van der Waals surface area contributed by atoms with E-state index in [0.29, 0.717) is 11.4 Å². The van der Waals surface area contributed by atoms with Crippen LogP contribution in [0.15, 0.2) is 29.6 Å². The lowest BCUT2D eigenvalue weighted by atomic mass is 9.98. The predicted octanol–water partition coefficient (Wildman–Crippen LogP) is 4.26. The lowest BCUT2D eigenvalue weighted by Gasteiger charge is -2.14. The van der Waals surface area contributed by atoms with Crippen molar-refractivity contribution >= 4 is 17.0 Å². The molecule has 0 saturated carbocycles. The molecular weight excluding hydrogens is 273 g/mol. The van der Waals surface area contributed by atoms with Gasteiger partial charge in [-0.05, 0) is 18.2 Å². The Morgan fingerprint density at radius 1 is 1.40 bits per heavy atom. The Morgan fingerprint density at radius 2 is 2.15 bits per heavy atom. The molecule has 0 aliphatic rings. The molecule has 104 valence electrons. The predicted molar refractivity (Wildman–Crippen MR) is 79.2 cm³/mol. The Kier molecular flexibility index (Phi) is 4.05. The quantitative estimate of drug-likeness (QED) is 0.918. The van der Waals surface area contributed by atoms with Gasteiger partial charge in [-0.25, -0.2) is 9.37 Å². The molecule has 1 atom stereocenters. The van der Waals surface area contributed by atoms with Crippen molar-refractivity contribution in [2.75, 3.05) is 5.32 Å². The summed E-state index contributed by atoms with van der Waals surface area (Å²) in [6, 6.07) is 7.64. The fourth-order valence-corrected chi connectivity index (χ4v) is 2.61. The average Bonchev–Trinajstić information content (AvgIpc) is 2.85. The highest BCUT2D eigenvalue weighted by Gasteiger charge is 2.21. The summed E-state index contributed by atoms with van der Waals surface area (Å²) in [7, 11) is 0. The van der Waals surface area contributed by atoms with E-state index in [1.165, 1.54) is 23.5 Å². The molecule has 1 aromatic carbocycles. The maximum Gasteiger partial charge on any atom is 0.158 e. The smallest absolute Gasteiger partial charge is 0.158 e. The van der Waals surface area contributed by atoms with E-state index in [1.54, 1.807) is 12.1 Å². The standard InChI is InChI=1S/C15H16FN3S/c1-15(2,3)14-19-13(9-20-14)12(8-17)18-11-6-4-5-10(16)7-11/h4-7,9,12,18H,1-3H3. The van der Waals surface area contributed by atoms with Crippen LogP contribution in [0.4, 0.5) is 10.1 Å². The SMILES string of the molecule is CC(C)(C)c1nc(C(C#N)Nc2cccc(F)c2)cs1. The zero-order valence-electron chi connectivity index (χ0n) is 11.6. The summed E-state index contributed by atoms with van der Waals surface area (Å²) in [5.41, 5.74) is 1.20. The van der Waals surface area contributed by atoms with E-state index in [4.69, 9.17) is 0 Å². The van der Waals surface area contributed by atoms with E-state index in [9.17, 15) is 9.65 Å². The van der Waals surface area contributed by atoms with E-state index >= 15 is 0 Å². The molecule has 20 heavy (non-hydrogen) atoms. The minimum Gasteiger partial charge on any atom is -0.365 e. The maximum absolute atomic E-state index is 13.1. The number of halogens is 1. The number of nitrogens with one attached hydrogen (secondary N) is 1. The third-order valence-corrected chi connectivity index (χ3v) is 4.01. The summed E-state index contributed by atoms with van der Waals surface area (Å²) in [5.74, 6) is -0.333. The summed E-state index contributed by atoms with van der Waals surface area (Å²) in [4.78, 5) is 4.51. The number of anilines is 1. The minimum atomic E-state index is -0.579. The molecule has 0 amide bonds. The normalized spacial score (nSPS) is 12.8. The highest BCUT2D eigenvalue weighted by molar-refractivity contribution is 7.09. The highest BCUT2D eigenvalue weighted by Crippen LogP contribution is 2.28.